The Kier molecular flexibility index (Phi) is 5.95. The molecular formula is C25H26F3N7O. The van der Waals surface area contributed by atoms with Gasteiger partial charge < -0.3 is 24.9 Å². The number of amides is 1. The highest BCUT2D eigenvalue weighted by atomic mass is 19.4. The molecule has 8 nitrogen and oxygen atoms in total. The molecule has 0 spiro atoms. The Hall–Kier alpha value is -3.86. The van der Waals surface area contributed by atoms with Gasteiger partial charge in [0.1, 0.15) is 5.69 Å². The summed E-state index contributed by atoms with van der Waals surface area (Å²) in [6, 6.07) is 11.4. The highest BCUT2D eigenvalue weighted by molar-refractivity contribution is 6.13. The lowest BCUT2D eigenvalue weighted by molar-refractivity contribution is -0.137. The van der Waals surface area contributed by atoms with E-state index in [1.54, 1.807) is 42.1 Å². The third-order valence-electron chi connectivity index (χ3n) is 6.63. The second-order valence-electron chi connectivity index (χ2n) is 8.99. The quantitative estimate of drug-likeness (QED) is 0.577. The molecule has 0 aliphatic carbocycles. The normalized spacial score (nSPS) is 16.5. The van der Waals surface area contributed by atoms with Gasteiger partial charge in [0.25, 0.3) is 5.91 Å². The maximum Gasteiger partial charge on any atom is 0.418 e. The second-order valence-corrected chi connectivity index (χ2v) is 8.99. The largest absolute Gasteiger partial charge is 0.418 e. The van der Waals surface area contributed by atoms with Crippen molar-refractivity contribution >= 4 is 40.4 Å². The van der Waals surface area contributed by atoms with Crippen LogP contribution in [0.4, 0.5) is 47.7 Å². The van der Waals surface area contributed by atoms with Crippen molar-refractivity contribution in [3.05, 3.63) is 59.8 Å². The maximum atomic E-state index is 14.0. The van der Waals surface area contributed by atoms with Crippen molar-refractivity contribution in [1.29, 1.82) is 0 Å². The molecule has 2 aromatic carbocycles. The van der Waals surface area contributed by atoms with Gasteiger partial charge in [-0.3, -0.25) is 4.79 Å². The fourth-order valence-electron chi connectivity index (χ4n) is 4.55. The minimum Gasteiger partial charge on any atom is -0.368 e. The molecule has 5 rings (SSSR count). The summed E-state index contributed by atoms with van der Waals surface area (Å²) < 4.78 is 42.0. The number of alkyl halides is 3. The Morgan fingerprint density at radius 3 is 2.33 bits per heavy atom. The van der Waals surface area contributed by atoms with Gasteiger partial charge in [-0.15, -0.1) is 0 Å². The Balaban J connectivity index is 1.48. The number of piperazine rings is 1. The summed E-state index contributed by atoms with van der Waals surface area (Å²) in [5.41, 5.74) is 1.37. The zero-order valence-electron chi connectivity index (χ0n) is 20.2. The van der Waals surface area contributed by atoms with E-state index in [0.29, 0.717) is 48.9 Å². The summed E-state index contributed by atoms with van der Waals surface area (Å²) in [5.74, 6) is 0.384. The van der Waals surface area contributed by atoms with Crippen LogP contribution < -0.4 is 20.0 Å². The molecule has 2 aliphatic rings. The van der Waals surface area contributed by atoms with Crippen LogP contribution in [0.3, 0.4) is 0 Å². The number of halogens is 3. The van der Waals surface area contributed by atoms with E-state index in [9.17, 15) is 18.0 Å². The lowest BCUT2D eigenvalue weighted by atomic mass is 10.1. The molecule has 1 saturated heterocycles. The summed E-state index contributed by atoms with van der Waals surface area (Å²) in [5, 5.41) is 2.92. The SMILES string of the molecule is CN1CCN(c2ccc(Nc3ncc4c(n3)N(C)c3ccccc3C(=O)N4C)cc2C(F)(F)F)CC1. The van der Waals surface area contributed by atoms with Gasteiger partial charge in [0.15, 0.2) is 5.82 Å². The topological polar surface area (TPSA) is 67.8 Å². The average molecular weight is 498 g/mol. The summed E-state index contributed by atoms with van der Waals surface area (Å²) in [6.07, 6.45) is -3.02. The van der Waals surface area contributed by atoms with Crippen LogP contribution in [-0.2, 0) is 6.18 Å². The number of fused-ring (bicyclic) bond motifs is 2. The summed E-state index contributed by atoms with van der Waals surface area (Å²) >= 11 is 0. The van der Waals surface area contributed by atoms with Crippen LogP contribution in [0.5, 0.6) is 0 Å². The minimum absolute atomic E-state index is 0.126. The van der Waals surface area contributed by atoms with Crippen LogP contribution >= 0.6 is 0 Å². The van der Waals surface area contributed by atoms with E-state index in [0.717, 1.165) is 6.07 Å². The lowest BCUT2D eigenvalue weighted by Crippen LogP contribution is -2.45. The third kappa shape index (κ3) is 4.30. The molecule has 3 aromatic rings. The first kappa shape index (κ1) is 23.9. The van der Waals surface area contributed by atoms with Crippen molar-refractivity contribution in [2.75, 3.05) is 67.3 Å². The van der Waals surface area contributed by atoms with Gasteiger partial charge in [0.2, 0.25) is 5.95 Å². The molecule has 0 radical (unpaired) electrons. The Bertz CT molecular complexity index is 1310. The number of nitrogens with zero attached hydrogens (tertiary/aromatic N) is 6. The first-order chi connectivity index (χ1) is 17.1. The lowest BCUT2D eigenvalue weighted by Gasteiger charge is -2.35. The second kappa shape index (κ2) is 8.98. The number of hydrogen-bond acceptors (Lipinski definition) is 7. The van der Waals surface area contributed by atoms with Gasteiger partial charge in [-0.05, 0) is 37.4 Å². The van der Waals surface area contributed by atoms with Crippen molar-refractivity contribution in [1.82, 2.24) is 14.9 Å². The molecule has 3 heterocycles. The molecule has 1 amide bonds. The standard InChI is InChI=1S/C25H26F3N7O/c1-32-10-12-35(13-11-32)20-9-8-16(14-18(20)25(26,27)28)30-24-29-15-21-22(31-24)33(2)19-7-5-4-6-17(19)23(36)34(21)3/h4-9,14-15H,10-13H2,1-3H3,(H,29,30,31). The van der Waals surface area contributed by atoms with E-state index < -0.39 is 11.7 Å². The van der Waals surface area contributed by atoms with E-state index in [4.69, 9.17) is 0 Å². The molecule has 1 aromatic heterocycles. The number of para-hydroxylation sites is 1. The van der Waals surface area contributed by atoms with Gasteiger partial charge in [-0.25, -0.2) is 4.98 Å². The first-order valence-electron chi connectivity index (χ1n) is 11.5. The number of anilines is 6. The first-order valence-corrected chi connectivity index (χ1v) is 11.5. The van der Waals surface area contributed by atoms with Crippen LogP contribution in [-0.4, -0.2) is 68.1 Å². The van der Waals surface area contributed by atoms with Crippen molar-refractivity contribution in [3.8, 4) is 0 Å². The molecular weight excluding hydrogens is 471 g/mol. The molecule has 36 heavy (non-hydrogen) atoms. The molecule has 11 heteroatoms. The predicted molar refractivity (Wildman–Crippen MR) is 134 cm³/mol. The zero-order valence-corrected chi connectivity index (χ0v) is 20.2. The van der Waals surface area contributed by atoms with Gasteiger partial charge >= 0.3 is 6.18 Å². The smallest absolute Gasteiger partial charge is 0.368 e. The summed E-state index contributed by atoms with van der Waals surface area (Å²) in [4.78, 5) is 28.9. The van der Waals surface area contributed by atoms with Crippen molar-refractivity contribution in [3.63, 3.8) is 0 Å². The van der Waals surface area contributed by atoms with Crippen LogP contribution in [0.1, 0.15) is 15.9 Å². The fourth-order valence-corrected chi connectivity index (χ4v) is 4.55. The van der Waals surface area contributed by atoms with Crippen LogP contribution in [0.25, 0.3) is 0 Å². The van der Waals surface area contributed by atoms with Gasteiger partial charge in [0, 0.05) is 51.6 Å². The molecule has 1 N–H and O–H groups in total. The molecule has 0 atom stereocenters. The van der Waals surface area contributed by atoms with Crippen molar-refractivity contribution < 1.29 is 18.0 Å². The Morgan fingerprint density at radius 2 is 1.61 bits per heavy atom. The molecule has 0 bridgehead atoms. The number of hydrogen-bond donors (Lipinski definition) is 1. The summed E-state index contributed by atoms with van der Waals surface area (Å²) in [7, 11) is 5.38. The number of carbonyl (C=O) groups is 1. The number of benzene rings is 2. The monoisotopic (exact) mass is 497 g/mol. The molecule has 1 fully saturated rings. The summed E-state index contributed by atoms with van der Waals surface area (Å²) in [6.45, 7) is 2.46. The highest BCUT2D eigenvalue weighted by Crippen LogP contribution is 2.40. The number of carbonyl (C=O) groups excluding carboxylic acids is 1. The van der Waals surface area contributed by atoms with Gasteiger partial charge in [-0.2, -0.15) is 18.2 Å². The number of rotatable bonds is 3. The minimum atomic E-state index is -4.52. The van der Waals surface area contributed by atoms with Crippen molar-refractivity contribution in [2.45, 2.75) is 6.18 Å². The molecule has 0 saturated carbocycles. The Morgan fingerprint density at radius 1 is 0.889 bits per heavy atom. The van der Waals surface area contributed by atoms with Crippen LogP contribution in [0.2, 0.25) is 0 Å². The Labute approximate surface area is 207 Å². The fraction of sp³-hybridized carbons (Fsp3) is 0.320. The third-order valence-corrected chi connectivity index (χ3v) is 6.63. The molecule has 0 unspecified atom stereocenters. The van der Waals surface area contributed by atoms with E-state index >= 15 is 0 Å². The van der Waals surface area contributed by atoms with E-state index in [1.807, 2.05) is 19.2 Å². The van der Waals surface area contributed by atoms with Crippen LogP contribution in [0, 0.1) is 0 Å². The number of nitrogens with one attached hydrogen (secondary N) is 1. The maximum absolute atomic E-state index is 14.0. The average Bonchev–Trinajstić information content (AvgIpc) is 2.94. The predicted octanol–water partition coefficient (Wildman–Crippen LogP) is 4.35. The van der Waals surface area contributed by atoms with E-state index in [1.165, 1.54) is 17.2 Å². The van der Waals surface area contributed by atoms with E-state index in [2.05, 4.69) is 20.2 Å². The van der Waals surface area contributed by atoms with Gasteiger partial charge in [0.05, 0.1) is 23.0 Å². The molecule has 188 valence electrons. The van der Waals surface area contributed by atoms with Crippen molar-refractivity contribution in [2.24, 2.45) is 0 Å². The molecule has 2 aliphatic heterocycles. The van der Waals surface area contributed by atoms with E-state index in [-0.39, 0.29) is 23.2 Å². The number of aromatic nitrogens is 2. The van der Waals surface area contributed by atoms with Gasteiger partial charge in [-0.1, -0.05) is 12.1 Å². The highest BCUT2D eigenvalue weighted by Gasteiger charge is 2.36. The zero-order chi connectivity index (χ0) is 25.6. The van der Waals surface area contributed by atoms with Crippen LogP contribution in [0.15, 0.2) is 48.7 Å². The number of likely N-dealkylation sites (N-methyl/N-ethyl adjacent to an activating group) is 1.